The number of benzene rings is 1. The zero-order valence-corrected chi connectivity index (χ0v) is 13.3. The lowest BCUT2D eigenvalue weighted by Crippen LogP contribution is -2.25. The molecule has 0 radical (unpaired) electrons. The number of carbonyl (C=O) groups is 1. The molecule has 1 aromatic heterocycles. The van der Waals surface area contributed by atoms with Gasteiger partial charge in [-0.25, -0.2) is 9.48 Å². The minimum atomic E-state index is -0.611. The monoisotopic (exact) mass is 303 g/mol. The van der Waals surface area contributed by atoms with Crippen LogP contribution in [0.2, 0.25) is 0 Å². The van der Waals surface area contributed by atoms with Gasteiger partial charge in [0.1, 0.15) is 11.8 Å². The average Bonchev–Trinajstić information content (AvgIpc) is 2.72. The van der Waals surface area contributed by atoms with E-state index in [0.29, 0.717) is 5.69 Å². The van der Waals surface area contributed by atoms with Gasteiger partial charge in [0.15, 0.2) is 0 Å². The molecule has 0 bridgehead atoms. The Balaban J connectivity index is 2.35. The summed E-state index contributed by atoms with van der Waals surface area (Å²) in [5.41, 5.74) is 1.35. The van der Waals surface area contributed by atoms with Crippen molar-refractivity contribution in [2.24, 2.45) is 7.05 Å². The number of anilines is 1. The van der Waals surface area contributed by atoms with Crippen molar-refractivity contribution in [2.45, 2.75) is 33.3 Å². The highest BCUT2D eigenvalue weighted by molar-refractivity contribution is 5.85. The minimum Gasteiger partial charge on any atom is -0.446 e. The molecule has 6 heteroatoms. The van der Waals surface area contributed by atoms with Crippen molar-refractivity contribution in [1.29, 1.82) is 0 Å². The normalized spacial score (nSPS) is 12.0. The fourth-order valence-corrected chi connectivity index (χ4v) is 2.11. The standard InChI is InChI=1S/C16H21N3O3/c1-5-11(2)22-16(21)17-14-12(3)18(4)19(15(14)20)13-9-7-6-8-10-13/h6-11H,5H2,1-4H3,(H,17,21). The van der Waals surface area contributed by atoms with Crippen molar-refractivity contribution in [2.75, 3.05) is 5.32 Å². The third-order valence-corrected chi connectivity index (χ3v) is 3.66. The van der Waals surface area contributed by atoms with Crippen LogP contribution >= 0.6 is 0 Å². The number of hydrogen-bond donors (Lipinski definition) is 1. The molecule has 6 nitrogen and oxygen atoms in total. The third kappa shape index (κ3) is 3.05. The molecule has 118 valence electrons. The third-order valence-electron chi connectivity index (χ3n) is 3.66. The molecule has 0 aliphatic rings. The molecule has 0 fully saturated rings. The molecular formula is C16H21N3O3. The number of carbonyl (C=O) groups excluding carboxylic acids is 1. The first-order valence-electron chi connectivity index (χ1n) is 7.27. The second-order valence-corrected chi connectivity index (χ2v) is 5.19. The average molecular weight is 303 g/mol. The van der Waals surface area contributed by atoms with Gasteiger partial charge in [-0.3, -0.25) is 14.8 Å². The van der Waals surface area contributed by atoms with Crippen LogP contribution in [-0.2, 0) is 11.8 Å². The molecule has 0 spiro atoms. The first kappa shape index (κ1) is 15.9. The Labute approximate surface area is 129 Å². The lowest BCUT2D eigenvalue weighted by molar-refractivity contribution is 0.118. The van der Waals surface area contributed by atoms with Gasteiger partial charge in [-0.05, 0) is 32.4 Å². The summed E-state index contributed by atoms with van der Waals surface area (Å²) in [5.74, 6) is 0. The van der Waals surface area contributed by atoms with Gasteiger partial charge in [0.2, 0.25) is 0 Å². The SMILES string of the molecule is CCC(C)OC(=O)Nc1c(C)n(C)n(-c2ccccc2)c1=O. The molecule has 0 aliphatic heterocycles. The predicted octanol–water partition coefficient (Wildman–Crippen LogP) is 2.83. The van der Waals surface area contributed by atoms with Gasteiger partial charge in [-0.1, -0.05) is 25.1 Å². The summed E-state index contributed by atoms with van der Waals surface area (Å²) < 4.78 is 8.37. The summed E-state index contributed by atoms with van der Waals surface area (Å²) >= 11 is 0. The maximum Gasteiger partial charge on any atom is 0.412 e. The fourth-order valence-electron chi connectivity index (χ4n) is 2.11. The molecule has 1 N–H and O–H groups in total. The Morgan fingerprint density at radius 3 is 2.55 bits per heavy atom. The number of amides is 1. The topological polar surface area (TPSA) is 65.3 Å². The number of nitrogens with zero attached hydrogens (tertiary/aromatic N) is 2. The number of aromatic nitrogens is 2. The molecule has 1 aromatic carbocycles. The highest BCUT2D eigenvalue weighted by atomic mass is 16.6. The lowest BCUT2D eigenvalue weighted by atomic mass is 10.3. The van der Waals surface area contributed by atoms with Gasteiger partial charge in [0.05, 0.1) is 11.4 Å². The molecule has 2 aromatic rings. The van der Waals surface area contributed by atoms with E-state index >= 15 is 0 Å². The van der Waals surface area contributed by atoms with Crippen LogP contribution in [0.25, 0.3) is 5.69 Å². The molecule has 0 aliphatic carbocycles. The van der Waals surface area contributed by atoms with E-state index in [1.165, 1.54) is 4.68 Å². The number of para-hydroxylation sites is 1. The number of rotatable bonds is 4. The van der Waals surface area contributed by atoms with Crippen LogP contribution in [0.1, 0.15) is 26.0 Å². The summed E-state index contributed by atoms with van der Waals surface area (Å²) in [4.78, 5) is 24.4. The molecule has 0 saturated heterocycles. The van der Waals surface area contributed by atoms with Crippen molar-refractivity contribution < 1.29 is 9.53 Å². The van der Waals surface area contributed by atoms with Gasteiger partial charge < -0.3 is 4.74 Å². The van der Waals surface area contributed by atoms with Crippen molar-refractivity contribution >= 4 is 11.8 Å². The lowest BCUT2D eigenvalue weighted by Gasteiger charge is -2.10. The smallest absolute Gasteiger partial charge is 0.412 e. The van der Waals surface area contributed by atoms with E-state index in [4.69, 9.17) is 4.74 Å². The van der Waals surface area contributed by atoms with Gasteiger partial charge in [-0.15, -0.1) is 0 Å². The quantitative estimate of drug-likeness (QED) is 0.944. The van der Waals surface area contributed by atoms with Gasteiger partial charge in [0.25, 0.3) is 5.56 Å². The van der Waals surface area contributed by atoms with Gasteiger partial charge in [-0.2, -0.15) is 0 Å². The fraction of sp³-hybridized carbons (Fsp3) is 0.375. The Hall–Kier alpha value is -2.50. The predicted molar refractivity (Wildman–Crippen MR) is 85.6 cm³/mol. The van der Waals surface area contributed by atoms with Crippen molar-refractivity contribution in [3.05, 3.63) is 46.4 Å². The Bertz CT molecular complexity index is 716. The maximum atomic E-state index is 12.6. The highest BCUT2D eigenvalue weighted by Crippen LogP contribution is 2.14. The molecule has 0 saturated carbocycles. The summed E-state index contributed by atoms with van der Waals surface area (Å²) in [6.45, 7) is 5.51. The Kier molecular flexibility index (Phi) is 4.70. The van der Waals surface area contributed by atoms with Crippen LogP contribution in [0.5, 0.6) is 0 Å². The second kappa shape index (κ2) is 6.51. The number of ether oxygens (including phenoxy) is 1. The van der Waals surface area contributed by atoms with E-state index in [1.54, 1.807) is 25.6 Å². The molecule has 1 atom stereocenters. The Morgan fingerprint density at radius 2 is 1.95 bits per heavy atom. The minimum absolute atomic E-state index is 0.194. The number of hydrogen-bond acceptors (Lipinski definition) is 3. The van der Waals surface area contributed by atoms with Crippen LogP contribution in [0.4, 0.5) is 10.5 Å². The van der Waals surface area contributed by atoms with Crippen LogP contribution in [0.15, 0.2) is 35.1 Å². The van der Waals surface area contributed by atoms with Gasteiger partial charge >= 0.3 is 6.09 Å². The Morgan fingerprint density at radius 1 is 1.32 bits per heavy atom. The summed E-state index contributed by atoms with van der Waals surface area (Å²) in [6.07, 6.45) is -0.0872. The molecule has 1 unspecified atom stereocenters. The summed E-state index contributed by atoms with van der Waals surface area (Å²) in [6, 6.07) is 9.26. The second-order valence-electron chi connectivity index (χ2n) is 5.19. The van der Waals surface area contributed by atoms with Crippen LogP contribution < -0.4 is 10.9 Å². The zero-order valence-electron chi connectivity index (χ0n) is 13.3. The van der Waals surface area contributed by atoms with E-state index < -0.39 is 6.09 Å². The van der Waals surface area contributed by atoms with E-state index in [-0.39, 0.29) is 17.4 Å². The van der Waals surface area contributed by atoms with Crippen LogP contribution in [0.3, 0.4) is 0 Å². The van der Waals surface area contributed by atoms with Gasteiger partial charge in [0, 0.05) is 7.05 Å². The van der Waals surface area contributed by atoms with E-state index in [1.807, 2.05) is 37.3 Å². The van der Waals surface area contributed by atoms with E-state index in [2.05, 4.69) is 5.32 Å². The zero-order chi connectivity index (χ0) is 16.3. The molecule has 1 amide bonds. The van der Waals surface area contributed by atoms with Crippen molar-refractivity contribution in [3.63, 3.8) is 0 Å². The van der Waals surface area contributed by atoms with Crippen LogP contribution in [-0.4, -0.2) is 21.6 Å². The van der Waals surface area contributed by atoms with E-state index in [9.17, 15) is 9.59 Å². The highest BCUT2D eigenvalue weighted by Gasteiger charge is 2.19. The molecule has 22 heavy (non-hydrogen) atoms. The largest absolute Gasteiger partial charge is 0.446 e. The first-order valence-corrected chi connectivity index (χ1v) is 7.27. The number of nitrogens with one attached hydrogen (secondary N) is 1. The molecule has 2 rings (SSSR count). The maximum absolute atomic E-state index is 12.6. The first-order chi connectivity index (χ1) is 10.5. The summed E-state index contributed by atoms with van der Waals surface area (Å²) in [7, 11) is 1.77. The van der Waals surface area contributed by atoms with Crippen molar-refractivity contribution in [3.8, 4) is 5.69 Å². The summed E-state index contributed by atoms with van der Waals surface area (Å²) in [5, 5.41) is 2.56. The van der Waals surface area contributed by atoms with Crippen molar-refractivity contribution in [1.82, 2.24) is 9.36 Å². The van der Waals surface area contributed by atoms with Crippen LogP contribution in [0, 0.1) is 6.92 Å². The molecular weight excluding hydrogens is 282 g/mol. The molecule has 1 heterocycles. The van der Waals surface area contributed by atoms with E-state index in [0.717, 1.165) is 12.1 Å².